The fraction of sp³-hybridized carbons (Fsp3) is 0.929. The predicted molar refractivity (Wildman–Crippen MR) is 75.6 cm³/mol. The maximum absolute atomic E-state index is 5.53. The van der Waals surface area contributed by atoms with Gasteiger partial charge in [-0.25, -0.2) is 4.68 Å². The Hall–Kier alpha value is -0.970. The number of aromatic nitrogens is 4. The van der Waals surface area contributed by atoms with Crippen molar-refractivity contribution >= 4 is 0 Å². The summed E-state index contributed by atoms with van der Waals surface area (Å²) in [5, 5.41) is 12.3. The summed E-state index contributed by atoms with van der Waals surface area (Å²) in [5.74, 6) is 3.35. The third-order valence-electron chi connectivity index (χ3n) is 4.46. The molecule has 0 aliphatic heterocycles. The third kappa shape index (κ3) is 3.75. The van der Waals surface area contributed by atoms with Crippen LogP contribution in [0.1, 0.15) is 64.1 Å². The van der Waals surface area contributed by atoms with Crippen molar-refractivity contribution in [1.82, 2.24) is 20.2 Å². The van der Waals surface area contributed by atoms with Crippen LogP contribution in [0.15, 0.2) is 0 Å². The van der Waals surface area contributed by atoms with Gasteiger partial charge in [0.25, 0.3) is 0 Å². The van der Waals surface area contributed by atoms with Crippen molar-refractivity contribution in [2.75, 3.05) is 6.54 Å². The number of aryl methyl sites for hydroxylation is 1. The normalized spacial score (nSPS) is 24.0. The van der Waals surface area contributed by atoms with Crippen LogP contribution in [0, 0.1) is 11.8 Å². The largest absolute Gasteiger partial charge is 0.330 e. The van der Waals surface area contributed by atoms with Crippen LogP contribution in [0.3, 0.4) is 0 Å². The van der Waals surface area contributed by atoms with Gasteiger partial charge in [-0.3, -0.25) is 0 Å². The van der Waals surface area contributed by atoms with Crippen LogP contribution in [0.4, 0.5) is 0 Å². The molecule has 0 spiro atoms. The summed E-state index contributed by atoms with van der Waals surface area (Å²) in [5.41, 5.74) is 5.53. The van der Waals surface area contributed by atoms with E-state index in [1.807, 2.05) is 4.68 Å². The standard InChI is InChI=1S/C14H27N5/c1-11(2)12-5-7-13(8-6-12)14-16-17-18-19(14)10-4-3-9-15/h11-13H,3-10,15H2,1-2H3. The van der Waals surface area contributed by atoms with Gasteiger partial charge in [-0.05, 0) is 67.3 Å². The lowest BCUT2D eigenvalue weighted by Gasteiger charge is -2.30. The predicted octanol–water partition coefficient (Wildman–Crippen LogP) is 2.34. The first-order valence-corrected chi connectivity index (χ1v) is 7.68. The Morgan fingerprint density at radius 2 is 1.95 bits per heavy atom. The first-order chi connectivity index (χ1) is 9.22. The Balaban J connectivity index is 1.90. The summed E-state index contributed by atoms with van der Waals surface area (Å²) in [6, 6.07) is 0. The van der Waals surface area contributed by atoms with Crippen LogP contribution in [-0.2, 0) is 6.54 Å². The lowest BCUT2D eigenvalue weighted by Crippen LogP contribution is -2.20. The number of rotatable bonds is 6. The molecule has 1 fully saturated rings. The number of unbranched alkanes of at least 4 members (excludes halogenated alkanes) is 1. The van der Waals surface area contributed by atoms with Gasteiger partial charge in [0.15, 0.2) is 5.82 Å². The third-order valence-corrected chi connectivity index (χ3v) is 4.46. The number of hydrogen-bond acceptors (Lipinski definition) is 4. The summed E-state index contributed by atoms with van der Waals surface area (Å²) in [4.78, 5) is 0. The molecule has 108 valence electrons. The molecule has 1 saturated carbocycles. The molecule has 2 N–H and O–H groups in total. The molecule has 1 aromatic heterocycles. The quantitative estimate of drug-likeness (QED) is 0.802. The van der Waals surface area contributed by atoms with Crippen LogP contribution in [0.25, 0.3) is 0 Å². The smallest absolute Gasteiger partial charge is 0.154 e. The maximum Gasteiger partial charge on any atom is 0.154 e. The minimum absolute atomic E-state index is 0.558. The maximum atomic E-state index is 5.53. The Kier molecular flexibility index (Phi) is 5.31. The van der Waals surface area contributed by atoms with Crippen molar-refractivity contribution in [1.29, 1.82) is 0 Å². The van der Waals surface area contributed by atoms with E-state index >= 15 is 0 Å². The molecular formula is C14H27N5. The van der Waals surface area contributed by atoms with Crippen LogP contribution >= 0.6 is 0 Å². The molecule has 0 unspecified atom stereocenters. The first kappa shape index (κ1) is 14.4. The van der Waals surface area contributed by atoms with Crippen molar-refractivity contribution < 1.29 is 0 Å². The minimum atomic E-state index is 0.558. The first-order valence-electron chi connectivity index (χ1n) is 7.68. The zero-order chi connectivity index (χ0) is 13.7. The fourth-order valence-corrected chi connectivity index (χ4v) is 3.11. The summed E-state index contributed by atoms with van der Waals surface area (Å²) in [7, 11) is 0. The SMILES string of the molecule is CC(C)C1CCC(c2nnnn2CCCCN)CC1. The fourth-order valence-electron chi connectivity index (χ4n) is 3.11. The van der Waals surface area contributed by atoms with E-state index in [0.29, 0.717) is 5.92 Å². The topological polar surface area (TPSA) is 69.6 Å². The van der Waals surface area contributed by atoms with E-state index in [9.17, 15) is 0 Å². The summed E-state index contributed by atoms with van der Waals surface area (Å²) in [6.45, 7) is 6.32. The van der Waals surface area contributed by atoms with Gasteiger partial charge in [0.05, 0.1) is 0 Å². The van der Waals surface area contributed by atoms with E-state index in [0.717, 1.165) is 43.6 Å². The highest BCUT2D eigenvalue weighted by Gasteiger charge is 2.27. The van der Waals surface area contributed by atoms with Gasteiger partial charge >= 0.3 is 0 Å². The molecule has 0 radical (unpaired) electrons. The van der Waals surface area contributed by atoms with Crippen LogP contribution < -0.4 is 5.73 Å². The lowest BCUT2D eigenvalue weighted by molar-refractivity contribution is 0.251. The molecule has 19 heavy (non-hydrogen) atoms. The Bertz CT molecular complexity index is 366. The Morgan fingerprint density at radius 1 is 1.21 bits per heavy atom. The van der Waals surface area contributed by atoms with Gasteiger partial charge in [0.1, 0.15) is 0 Å². The highest BCUT2D eigenvalue weighted by Crippen LogP contribution is 2.37. The van der Waals surface area contributed by atoms with E-state index < -0.39 is 0 Å². The Labute approximate surface area is 115 Å². The second-order valence-electron chi connectivity index (χ2n) is 6.11. The van der Waals surface area contributed by atoms with Crippen molar-refractivity contribution in [3.05, 3.63) is 5.82 Å². The van der Waals surface area contributed by atoms with Crippen molar-refractivity contribution in [2.45, 2.75) is 64.8 Å². The van der Waals surface area contributed by atoms with E-state index in [4.69, 9.17) is 5.73 Å². The van der Waals surface area contributed by atoms with Crippen molar-refractivity contribution in [3.63, 3.8) is 0 Å². The number of tetrazole rings is 1. The second-order valence-corrected chi connectivity index (χ2v) is 6.11. The van der Waals surface area contributed by atoms with Gasteiger partial charge in [0, 0.05) is 12.5 Å². The van der Waals surface area contributed by atoms with Crippen LogP contribution in [0.5, 0.6) is 0 Å². The van der Waals surface area contributed by atoms with Gasteiger partial charge in [-0.15, -0.1) is 5.10 Å². The summed E-state index contributed by atoms with van der Waals surface area (Å²) >= 11 is 0. The van der Waals surface area contributed by atoms with Crippen molar-refractivity contribution in [2.24, 2.45) is 17.6 Å². The molecule has 1 aliphatic rings. The second kappa shape index (κ2) is 6.98. The van der Waals surface area contributed by atoms with E-state index in [1.54, 1.807) is 0 Å². The number of hydrogen-bond donors (Lipinski definition) is 1. The molecule has 0 atom stereocenters. The van der Waals surface area contributed by atoms with Crippen LogP contribution in [0.2, 0.25) is 0 Å². The molecule has 5 nitrogen and oxygen atoms in total. The van der Waals surface area contributed by atoms with Gasteiger partial charge in [-0.2, -0.15) is 0 Å². The summed E-state index contributed by atoms with van der Waals surface area (Å²) < 4.78 is 2.00. The molecule has 0 bridgehead atoms. The monoisotopic (exact) mass is 265 g/mol. The van der Waals surface area contributed by atoms with E-state index in [2.05, 4.69) is 29.4 Å². The molecule has 1 heterocycles. The highest BCUT2D eigenvalue weighted by atomic mass is 15.5. The number of nitrogens with zero attached hydrogens (tertiary/aromatic N) is 4. The molecule has 1 aliphatic carbocycles. The molecule has 2 rings (SSSR count). The molecule has 1 aromatic rings. The Morgan fingerprint density at radius 3 is 2.58 bits per heavy atom. The highest BCUT2D eigenvalue weighted by molar-refractivity contribution is 4.96. The van der Waals surface area contributed by atoms with Gasteiger partial charge < -0.3 is 5.73 Å². The van der Waals surface area contributed by atoms with E-state index in [1.165, 1.54) is 25.7 Å². The average Bonchev–Trinajstić information content (AvgIpc) is 2.87. The lowest BCUT2D eigenvalue weighted by atomic mass is 9.77. The molecule has 0 amide bonds. The summed E-state index contributed by atoms with van der Waals surface area (Å²) in [6.07, 6.45) is 7.21. The molecule has 0 saturated heterocycles. The van der Waals surface area contributed by atoms with E-state index in [-0.39, 0.29) is 0 Å². The van der Waals surface area contributed by atoms with Gasteiger partial charge in [0.2, 0.25) is 0 Å². The average molecular weight is 265 g/mol. The van der Waals surface area contributed by atoms with Crippen molar-refractivity contribution in [3.8, 4) is 0 Å². The van der Waals surface area contributed by atoms with Gasteiger partial charge in [-0.1, -0.05) is 13.8 Å². The number of nitrogens with two attached hydrogens (primary N) is 1. The zero-order valence-corrected chi connectivity index (χ0v) is 12.3. The molecule has 5 heteroatoms. The molecule has 0 aromatic carbocycles. The van der Waals surface area contributed by atoms with Crippen LogP contribution in [-0.4, -0.2) is 26.8 Å². The zero-order valence-electron chi connectivity index (χ0n) is 12.3. The molecular weight excluding hydrogens is 238 g/mol. The minimum Gasteiger partial charge on any atom is -0.330 e.